The van der Waals surface area contributed by atoms with Gasteiger partial charge in [0.2, 0.25) is 0 Å². The summed E-state index contributed by atoms with van der Waals surface area (Å²) in [5.74, 6) is 0.0671. The molecule has 2 aromatic rings. The van der Waals surface area contributed by atoms with Gasteiger partial charge < -0.3 is 9.72 Å². The molecule has 0 aliphatic carbocycles. The lowest BCUT2D eigenvalue weighted by Gasteiger charge is -1.84. The van der Waals surface area contributed by atoms with Crippen LogP contribution in [-0.2, 0) is 9.53 Å². The predicted octanol–water partition coefficient (Wildman–Crippen LogP) is 2.39. The van der Waals surface area contributed by atoms with Gasteiger partial charge in [0.05, 0.1) is 0 Å². The van der Waals surface area contributed by atoms with Crippen LogP contribution >= 0.6 is 0 Å². The third kappa shape index (κ3) is 3.95. The summed E-state index contributed by atoms with van der Waals surface area (Å²) < 4.78 is 4.45. The molecule has 0 fully saturated rings. The molecular weight excluding hydrogens is 190 g/mol. The molecule has 0 spiro atoms. The van der Waals surface area contributed by atoms with E-state index in [1.54, 1.807) is 0 Å². The SMILES string of the molecule is COCC(C)=O.c1ccc2[nH]ccc2c1. The number of carbonyl (C=O) groups excluding carboxylic acids is 1. The number of carbonyl (C=O) groups is 1. The van der Waals surface area contributed by atoms with Crippen molar-refractivity contribution in [2.45, 2.75) is 6.92 Å². The molecule has 1 heterocycles. The highest BCUT2D eigenvalue weighted by Crippen LogP contribution is 2.09. The number of nitrogens with one attached hydrogen (secondary N) is 1. The van der Waals surface area contributed by atoms with Gasteiger partial charge in [0, 0.05) is 18.8 Å². The van der Waals surface area contributed by atoms with E-state index in [9.17, 15) is 4.79 Å². The zero-order valence-electron chi connectivity index (χ0n) is 8.99. The zero-order valence-corrected chi connectivity index (χ0v) is 8.99. The normalized spacial score (nSPS) is 9.47. The maximum Gasteiger partial charge on any atom is 0.155 e. The molecule has 3 nitrogen and oxygen atoms in total. The topological polar surface area (TPSA) is 42.1 Å². The fourth-order valence-corrected chi connectivity index (χ4v) is 1.20. The number of ketones is 1. The summed E-state index contributed by atoms with van der Waals surface area (Å²) in [6.45, 7) is 1.73. The van der Waals surface area contributed by atoms with Crippen molar-refractivity contribution in [2.75, 3.05) is 13.7 Å². The van der Waals surface area contributed by atoms with Gasteiger partial charge in [0.25, 0.3) is 0 Å². The van der Waals surface area contributed by atoms with Crippen molar-refractivity contribution in [2.24, 2.45) is 0 Å². The van der Waals surface area contributed by atoms with Gasteiger partial charge in [-0.2, -0.15) is 0 Å². The Morgan fingerprint density at radius 1 is 1.33 bits per heavy atom. The summed E-state index contributed by atoms with van der Waals surface area (Å²) in [5, 5.41) is 1.28. The molecule has 0 unspecified atom stereocenters. The number of ether oxygens (including phenoxy) is 1. The Kier molecular flexibility index (Phi) is 4.57. The number of methoxy groups -OCH3 is 1. The molecule has 0 amide bonds. The van der Waals surface area contributed by atoms with E-state index in [0.717, 1.165) is 0 Å². The number of Topliss-reactive ketones (excluding diaryl/α,β-unsaturated/α-hetero) is 1. The van der Waals surface area contributed by atoms with Crippen molar-refractivity contribution < 1.29 is 9.53 Å². The molecule has 0 aliphatic heterocycles. The number of H-pyrrole nitrogens is 1. The second-order valence-electron chi connectivity index (χ2n) is 3.20. The lowest BCUT2D eigenvalue weighted by Crippen LogP contribution is -1.98. The largest absolute Gasteiger partial charge is 0.377 e. The summed E-state index contributed by atoms with van der Waals surface area (Å²) in [4.78, 5) is 13.0. The van der Waals surface area contributed by atoms with E-state index in [2.05, 4.69) is 27.9 Å². The van der Waals surface area contributed by atoms with E-state index in [4.69, 9.17) is 0 Å². The summed E-state index contributed by atoms with van der Waals surface area (Å²) in [6, 6.07) is 10.3. The molecule has 0 atom stereocenters. The molecule has 1 aromatic carbocycles. The van der Waals surface area contributed by atoms with Gasteiger partial charge in [-0.25, -0.2) is 0 Å². The van der Waals surface area contributed by atoms with E-state index in [1.165, 1.54) is 24.9 Å². The fraction of sp³-hybridized carbons (Fsp3) is 0.250. The van der Waals surface area contributed by atoms with Crippen LogP contribution in [0.25, 0.3) is 10.9 Å². The van der Waals surface area contributed by atoms with Crippen LogP contribution in [0.4, 0.5) is 0 Å². The summed E-state index contributed by atoms with van der Waals surface area (Å²) in [7, 11) is 1.50. The minimum Gasteiger partial charge on any atom is -0.377 e. The van der Waals surface area contributed by atoms with Gasteiger partial charge in [0.1, 0.15) is 6.61 Å². The molecule has 0 bridgehead atoms. The third-order valence-corrected chi connectivity index (χ3v) is 1.81. The Bertz CT molecular complexity index is 390. The van der Waals surface area contributed by atoms with E-state index < -0.39 is 0 Å². The van der Waals surface area contributed by atoms with Crippen molar-refractivity contribution in [3.05, 3.63) is 36.5 Å². The number of aromatic amines is 1. The van der Waals surface area contributed by atoms with Gasteiger partial charge in [-0.1, -0.05) is 18.2 Å². The Balaban J connectivity index is 0.000000167. The lowest BCUT2D eigenvalue weighted by molar-refractivity contribution is -0.120. The van der Waals surface area contributed by atoms with Crippen LogP contribution in [0.2, 0.25) is 0 Å². The number of hydrogen-bond donors (Lipinski definition) is 1. The van der Waals surface area contributed by atoms with Gasteiger partial charge >= 0.3 is 0 Å². The maximum atomic E-state index is 9.92. The maximum absolute atomic E-state index is 9.92. The van der Waals surface area contributed by atoms with Crippen LogP contribution in [-0.4, -0.2) is 24.5 Å². The molecule has 15 heavy (non-hydrogen) atoms. The van der Waals surface area contributed by atoms with Crippen LogP contribution in [0.5, 0.6) is 0 Å². The van der Waals surface area contributed by atoms with Gasteiger partial charge in [-0.15, -0.1) is 0 Å². The van der Waals surface area contributed by atoms with Crippen LogP contribution < -0.4 is 0 Å². The first kappa shape index (κ1) is 11.5. The molecule has 0 aliphatic rings. The van der Waals surface area contributed by atoms with Gasteiger partial charge in [-0.3, -0.25) is 4.79 Å². The van der Waals surface area contributed by atoms with E-state index in [0.29, 0.717) is 0 Å². The van der Waals surface area contributed by atoms with Crippen molar-refractivity contribution in [1.82, 2.24) is 4.98 Å². The number of benzene rings is 1. The summed E-state index contributed by atoms with van der Waals surface area (Å²) >= 11 is 0. The van der Waals surface area contributed by atoms with Crippen molar-refractivity contribution in [3.63, 3.8) is 0 Å². The standard InChI is InChI=1S/C8H7N.C4H8O2/c1-2-4-8-7(3-1)5-6-9-8;1-4(5)3-6-2/h1-6,9H;3H2,1-2H3. The fourth-order valence-electron chi connectivity index (χ4n) is 1.20. The molecule has 0 saturated heterocycles. The first-order valence-electron chi connectivity index (χ1n) is 4.74. The highest BCUT2D eigenvalue weighted by atomic mass is 16.5. The van der Waals surface area contributed by atoms with E-state index >= 15 is 0 Å². The van der Waals surface area contributed by atoms with Gasteiger partial charge in [-0.05, 0) is 24.4 Å². The number of fused-ring (bicyclic) bond motifs is 1. The minimum atomic E-state index is 0.0671. The average Bonchev–Trinajstić information content (AvgIpc) is 2.65. The van der Waals surface area contributed by atoms with Gasteiger partial charge in [0.15, 0.2) is 5.78 Å². The van der Waals surface area contributed by atoms with Crippen molar-refractivity contribution in [1.29, 1.82) is 0 Å². The predicted molar refractivity (Wildman–Crippen MR) is 60.9 cm³/mol. The Hall–Kier alpha value is -1.61. The first-order chi connectivity index (χ1) is 7.24. The molecule has 0 radical (unpaired) electrons. The molecule has 0 saturated carbocycles. The average molecular weight is 205 g/mol. The highest BCUT2D eigenvalue weighted by molar-refractivity contribution is 5.78. The number of rotatable bonds is 2. The zero-order chi connectivity index (χ0) is 11.1. The Morgan fingerprint density at radius 3 is 2.60 bits per heavy atom. The molecule has 1 N–H and O–H groups in total. The molecule has 80 valence electrons. The number of para-hydroxylation sites is 1. The third-order valence-electron chi connectivity index (χ3n) is 1.81. The molecule has 3 heteroatoms. The van der Waals surface area contributed by atoms with Crippen LogP contribution in [0.15, 0.2) is 36.5 Å². The van der Waals surface area contributed by atoms with Crippen molar-refractivity contribution >= 4 is 16.7 Å². The van der Waals surface area contributed by atoms with Crippen molar-refractivity contribution in [3.8, 4) is 0 Å². The van der Waals surface area contributed by atoms with E-state index in [1.807, 2.05) is 18.3 Å². The highest BCUT2D eigenvalue weighted by Gasteiger charge is 1.86. The summed E-state index contributed by atoms with van der Waals surface area (Å²) in [5.41, 5.74) is 1.21. The number of aromatic nitrogens is 1. The van der Waals surface area contributed by atoms with Crippen LogP contribution in [0.3, 0.4) is 0 Å². The molecule has 2 rings (SSSR count). The summed E-state index contributed by atoms with van der Waals surface area (Å²) in [6.07, 6.45) is 1.95. The second-order valence-corrected chi connectivity index (χ2v) is 3.20. The number of hydrogen-bond acceptors (Lipinski definition) is 2. The smallest absolute Gasteiger partial charge is 0.155 e. The van der Waals surface area contributed by atoms with E-state index in [-0.39, 0.29) is 12.4 Å². The molecule has 1 aromatic heterocycles. The van der Waals surface area contributed by atoms with Crippen LogP contribution in [0.1, 0.15) is 6.92 Å². The minimum absolute atomic E-state index is 0.0671. The lowest BCUT2D eigenvalue weighted by atomic mass is 10.3. The monoisotopic (exact) mass is 205 g/mol. The Labute approximate surface area is 89.1 Å². The second kappa shape index (κ2) is 5.98. The quantitative estimate of drug-likeness (QED) is 0.817. The first-order valence-corrected chi connectivity index (χ1v) is 4.74. The molecular formula is C12H15NO2. The van der Waals surface area contributed by atoms with Crippen LogP contribution in [0, 0.1) is 0 Å². The Morgan fingerprint density at radius 2 is 2.07 bits per heavy atom.